The van der Waals surface area contributed by atoms with E-state index in [2.05, 4.69) is 10.6 Å². The van der Waals surface area contributed by atoms with Crippen LogP contribution in [0.25, 0.3) is 0 Å². The van der Waals surface area contributed by atoms with Gasteiger partial charge in [0.2, 0.25) is 5.91 Å². The van der Waals surface area contributed by atoms with Gasteiger partial charge in [0, 0.05) is 50.9 Å². The minimum absolute atomic E-state index is 0.0825. The highest BCUT2D eigenvalue weighted by molar-refractivity contribution is 5.94. The van der Waals surface area contributed by atoms with Gasteiger partial charge in [-0.1, -0.05) is 30.3 Å². The predicted molar refractivity (Wildman–Crippen MR) is 116 cm³/mol. The van der Waals surface area contributed by atoms with Crippen LogP contribution in [-0.4, -0.2) is 54.8 Å². The van der Waals surface area contributed by atoms with Crippen molar-refractivity contribution < 1.29 is 14.4 Å². The standard InChI is InChI=1S/C23H28N4O3/c1-24-21(28)18-10-8-17(9-11-18)16-26(2)22(29)19-12-14-27(15-13-19)23(30)25-20-6-4-3-5-7-20/h3-11,19H,12-16H2,1-2H3,(H,24,28)(H,25,30). The molecule has 0 unspecified atom stereocenters. The zero-order valence-electron chi connectivity index (χ0n) is 17.4. The molecule has 0 aliphatic carbocycles. The molecule has 0 atom stereocenters. The van der Waals surface area contributed by atoms with Gasteiger partial charge in [0.25, 0.3) is 5.91 Å². The van der Waals surface area contributed by atoms with Gasteiger partial charge in [0.15, 0.2) is 0 Å². The fourth-order valence-corrected chi connectivity index (χ4v) is 3.62. The summed E-state index contributed by atoms with van der Waals surface area (Å²) in [6.07, 6.45) is 1.31. The van der Waals surface area contributed by atoms with E-state index in [1.807, 2.05) is 42.5 Å². The van der Waals surface area contributed by atoms with E-state index in [0.29, 0.717) is 38.0 Å². The van der Waals surface area contributed by atoms with Gasteiger partial charge in [-0.15, -0.1) is 0 Å². The Hall–Kier alpha value is -3.35. The highest BCUT2D eigenvalue weighted by Crippen LogP contribution is 2.21. The Kier molecular flexibility index (Phi) is 7.06. The van der Waals surface area contributed by atoms with Crippen molar-refractivity contribution in [3.05, 3.63) is 65.7 Å². The van der Waals surface area contributed by atoms with Crippen LogP contribution in [0.1, 0.15) is 28.8 Å². The third kappa shape index (κ3) is 5.37. The average Bonchev–Trinajstić information content (AvgIpc) is 2.79. The summed E-state index contributed by atoms with van der Waals surface area (Å²) in [4.78, 5) is 40.4. The molecule has 158 valence electrons. The summed E-state index contributed by atoms with van der Waals surface area (Å²) in [5, 5.41) is 5.48. The Morgan fingerprint density at radius 3 is 2.23 bits per heavy atom. The lowest BCUT2D eigenvalue weighted by Crippen LogP contribution is -2.44. The first-order chi connectivity index (χ1) is 14.5. The number of amides is 4. The number of para-hydroxylation sites is 1. The van der Waals surface area contributed by atoms with Gasteiger partial charge in [-0.25, -0.2) is 4.79 Å². The molecule has 0 bridgehead atoms. The number of urea groups is 1. The minimum atomic E-state index is -0.131. The summed E-state index contributed by atoms with van der Waals surface area (Å²) in [6, 6.07) is 16.5. The molecule has 1 heterocycles. The molecule has 30 heavy (non-hydrogen) atoms. The Morgan fingerprint density at radius 2 is 1.63 bits per heavy atom. The molecule has 2 aromatic carbocycles. The van der Waals surface area contributed by atoms with Crippen molar-refractivity contribution >= 4 is 23.5 Å². The zero-order valence-corrected chi connectivity index (χ0v) is 17.4. The topological polar surface area (TPSA) is 81.8 Å². The Labute approximate surface area is 177 Å². The van der Waals surface area contributed by atoms with Gasteiger partial charge in [-0.05, 0) is 42.7 Å². The van der Waals surface area contributed by atoms with Crippen molar-refractivity contribution in [2.45, 2.75) is 19.4 Å². The molecule has 2 N–H and O–H groups in total. The summed E-state index contributed by atoms with van der Waals surface area (Å²) in [5.41, 5.74) is 2.33. The Morgan fingerprint density at radius 1 is 1.00 bits per heavy atom. The van der Waals surface area contributed by atoms with Crippen molar-refractivity contribution in [2.75, 3.05) is 32.5 Å². The third-order valence-corrected chi connectivity index (χ3v) is 5.40. The van der Waals surface area contributed by atoms with Crippen LogP contribution in [0.15, 0.2) is 54.6 Å². The van der Waals surface area contributed by atoms with E-state index < -0.39 is 0 Å². The summed E-state index contributed by atoms with van der Waals surface area (Å²) in [6.45, 7) is 1.61. The van der Waals surface area contributed by atoms with E-state index in [1.165, 1.54) is 0 Å². The minimum Gasteiger partial charge on any atom is -0.355 e. The second kappa shape index (κ2) is 9.91. The number of nitrogens with one attached hydrogen (secondary N) is 2. The first-order valence-corrected chi connectivity index (χ1v) is 10.1. The van der Waals surface area contributed by atoms with Gasteiger partial charge in [-0.3, -0.25) is 9.59 Å². The third-order valence-electron chi connectivity index (χ3n) is 5.40. The van der Waals surface area contributed by atoms with Crippen LogP contribution in [0.4, 0.5) is 10.5 Å². The van der Waals surface area contributed by atoms with Crippen LogP contribution in [-0.2, 0) is 11.3 Å². The second-order valence-electron chi connectivity index (χ2n) is 7.53. The van der Waals surface area contributed by atoms with Gasteiger partial charge < -0.3 is 20.4 Å². The van der Waals surface area contributed by atoms with E-state index in [1.54, 1.807) is 36.0 Å². The second-order valence-corrected chi connectivity index (χ2v) is 7.53. The summed E-state index contributed by atoms with van der Waals surface area (Å²) in [7, 11) is 3.39. The van der Waals surface area contributed by atoms with E-state index >= 15 is 0 Å². The lowest BCUT2D eigenvalue weighted by atomic mass is 9.95. The van der Waals surface area contributed by atoms with Gasteiger partial charge >= 0.3 is 6.03 Å². The van der Waals surface area contributed by atoms with Crippen molar-refractivity contribution in [1.82, 2.24) is 15.1 Å². The van der Waals surface area contributed by atoms with E-state index in [4.69, 9.17) is 0 Å². The van der Waals surface area contributed by atoms with Gasteiger partial charge in [0.1, 0.15) is 0 Å². The molecule has 1 saturated heterocycles. The monoisotopic (exact) mass is 408 g/mol. The molecular formula is C23H28N4O3. The number of rotatable bonds is 5. The van der Waals surface area contributed by atoms with Crippen molar-refractivity contribution in [3.8, 4) is 0 Å². The number of anilines is 1. The number of hydrogen-bond donors (Lipinski definition) is 2. The highest BCUT2D eigenvalue weighted by Gasteiger charge is 2.29. The smallest absolute Gasteiger partial charge is 0.321 e. The fraction of sp³-hybridized carbons (Fsp3) is 0.348. The largest absolute Gasteiger partial charge is 0.355 e. The number of nitrogens with zero attached hydrogens (tertiary/aromatic N) is 2. The van der Waals surface area contributed by atoms with Crippen LogP contribution in [0, 0.1) is 5.92 Å². The van der Waals surface area contributed by atoms with Crippen LogP contribution >= 0.6 is 0 Å². The maximum absolute atomic E-state index is 12.8. The number of likely N-dealkylation sites (tertiary alicyclic amines) is 1. The number of piperidine rings is 1. The maximum Gasteiger partial charge on any atom is 0.321 e. The number of hydrogen-bond acceptors (Lipinski definition) is 3. The first kappa shape index (κ1) is 21.4. The summed E-state index contributed by atoms with van der Waals surface area (Å²) in [5.74, 6) is -0.122. The summed E-state index contributed by atoms with van der Waals surface area (Å²) < 4.78 is 0. The molecule has 4 amide bonds. The SMILES string of the molecule is CNC(=O)c1ccc(CN(C)C(=O)C2CCN(C(=O)Nc3ccccc3)CC2)cc1. The maximum atomic E-state index is 12.8. The van der Waals surface area contributed by atoms with Crippen molar-refractivity contribution in [1.29, 1.82) is 0 Å². The van der Waals surface area contributed by atoms with Crippen LogP contribution in [0.5, 0.6) is 0 Å². The molecular weight excluding hydrogens is 380 g/mol. The van der Waals surface area contributed by atoms with Crippen LogP contribution < -0.4 is 10.6 Å². The quantitative estimate of drug-likeness (QED) is 0.798. The number of carbonyl (C=O) groups excluding carboxylic acids is 3. The van der Waals surface area contributed by atoms with E-state index in [9.17, 15) is 14.4 Å². The molecule has 0 saturated carbocycles. The predicted octanol–water partition coefficient (Wildman–Crippen LogP) is 2.95. The lowest BCUT2D eigenvalue weighted by molar-refractivity contribution is -0.136. The molecule has 0 aromatic heterocycles. The molecule has 0 radical (unpaired) electrons. The molecule has 1 aliphatic rings. The van der Waals surface area contributed by atoms with Gasteiger partial charge in [-0.2, -0.15) is 0 Å². The number of carbonyl (C=O) groups is 3. The average molecular weight is 409 g/mol. The highest BCUT2D eigenvalue weighted by atomic mass is 16.2. The molecule has 3 rings (SSSR count). The molecule has 7 nitrogen and oxygen atoms in total. The zero-order chi connectivity index (χ0) is 21.5. The van der Waals surface area contributed by atoms with E-state index in [0.717, 1.165) is 11.3 Å². The molecule has 0 spiro atoms. The molecule has 1 fully saturated rings. The van der Waals surface area contributed by atoms with Crippen molar-refractivity contribution in [3.63, 3.8) is 0 Å². The Bertz CT molecular complexity index is 875. The lowest BCUT2D eigenvalue weighted by Gasteiger charge is -2.33. The first-order valence-electron chi connectivity index (χ1n) is 10.1. The van der Waals surface area contributed by atoms with Crippen molar-refractivity contribution in [2.24, 2.45) is 5.92 Å². The molecule has 1 aliphatic heterocycles. The Balaban J connectivity index is 1.48. The molecule has 2 aromatic rings. The van der Waals surface area contributed by atoms with Crippen LogP contribution in [0.2, 0.25) is 0 Å². The van der Waals surface area contributed by atoms with E-state index in [-0.39, 0.29) is 23.8 Å². The van der Waals surface area contributed by atoms with Gasteiger partial charge in [0.05, 0.1) is 0 Å². The number of benzene rings is 2. The fourth-order valence-electron chi connectivity index (χ4n) is 3.62. The normalized spacial score (nSPS) is 14.1. The summed E-state index contributed by atoms with van der Waals surface area (Å²) >= 11 is 0. The van der Waals surface area contributed by atoms with Crippen LogP contribution in [0.3, 0.4) is 0 Å². The molecule has 7 heteroatoms.